The highest BCUT2D eigenvalue weighted by molar-refractivity contribution is 6.23. The molecule has 0 radical (unpaired) electrons. The monoisotopic (exact) mass is 412 g/mol. The first-order valence-corrected chi connectivity index (χ1v) is 10.7. The lowest BCUT2D eigenvalue weighted by Gasteiger charge is -2.47. The standard InChI is InChI=1S/C22H28N4O4/c1-3-22(4-2)13-23-9-10-25(22)12-14-5-6-15-16(11-14)21(30)26(20(15)29)17-7-8-18(27)24-19(17)28/h5-6,11,17,23H,3-4,7-10,12-13H2,1-2H3,(H,24,27,28). The Labute approximate surface area is 176 Å². The molecule has 0 aliphatic carbocycles. The summed E-state index contributed by atoms with van der Waals surface area (Å²) < 4.78 is 0. The summed E-state index contributed by atoms with van der Waals surface area (Å²) >= 11 is 0. The number of piperazine rings is 1. The van der Waals surface area contributed by atoms with Gasteiger partial charge in [0, 0.05) is 38.1 Å². The normalized spacial score (nSPS) is 24.2. The van der Waals surface area contributed by atoms with Gasteiger partial charge in [0.05, 0.1) is 11.1 Å². The van der Waals surface area contributed by atoms with Gasteiger partial charge in [-0.05, 0) is 37.0 Å². The molecule has 3 aliphatic rings. The molecule has 3 heterocycles. The number of nitrogens with one attached hydrogen (secondary N) is 2. The summed E-state index contributed by atoms with van der Waals surface area (Å²) in [7, 11) is 0. The molecule has 3 aliphatic heterocycles. The van der Waals surface area contributed by atoms with E-state index in [2.05, 4.69) is 29.4 Å². The Balaban J connectivity index is 1.58. The van der Waals surface area contributed by atoms with Gasteiger partial charge >= 0.3 is 0 Å². The number of fused-ring (bicyclic) bond motifs is 1. The number of hydrogen-bond donors (Lipinski definition) is 2. The van der Waals surface area contributed by atoms with Gasteiger partial charge in [-0.15, -0.1) is 0 Å². The van der Waals surface area contributed by atoms with E-state index < -0.39 is 23.8 Å². The van der Waals surface area contributed by atoms with Crippen molar-refractivity contribution in [1.82, 2.24) is 20.4 Å². The van der Waals surface area contributed by atoms with Gasteiger partial charge in [-0.25, -0.2) is 0 Å². The molecule has 8 nitrogen and oxygen atoms in total. The minimum atomic E-state index is -0.931. The second-order valence-corrected chi connectivity index (χ2v) is 8.36. The topological polar surface area (TPSA) is 98.8 Å². The van der Waals surface area contributed by atoms with Gasteiger partial charge in [0.1, 0.15) is 6.04 Å². The predicted molar refractivity (Wildman–Crippen MR) is 110 cm³/mol. The highest BCUT2D eigenvalue weighted by Crippen LogP contribution is 2.31. The average molecular weight is 412 g/mol. The number of carbonyl (C=O) groups excluding carboxylic acids is 4. The highest BCUT2D eigenvalue weighted by atomic mass is 16.2. The molecule has 4 amide bonds. The number of rotatable bonds is 5. The molecular weight excluding hydrogens is 384 g/mol. The zero-order chi connectivity index (χ0) is 21.5. The Morgan fingerprint density at radius 3 is 2.50 bits per heavy atom. The minimum absolute atomic E-state index is 0.0792. The van der Waals surface area contributed by atoms with Gasteiger partial charge < -0.3 is 5.32 Å². The van der Waals surface area contributed by atoms with Gasteiger partial charge in [0.15, 0.2) is 0 Å². The lowest BCUT2D eigenvalue weighted by atomic mass is 9.88. The first-order valence-electron chi connectivity index (χ1n) is 10.7. The molecular formula is C22H28N4O4. The van der Waals surface area contributed by atoms with E-state index in [0.29, 0.717) is 17.7 Å². The predicted octanol–water partition coefficient (Wildman–Crippen LogP) is 1.05. The van der Waals surface area contributed by atoms with E-state index in [4.69, 9.17) is 0 Å². The molecule has 4 rings (SSSR count). The maximum absolute atomic E-state index is 13.0. The molecule has 1 unspecified atom stereocenters. The van der Waals surface area contributed by atoms with Crippen LogP contribution in [0.2, 0.25) is 0 Å². The van der Waals surface area contributed by atoms with Crippen molar-refractivity contribution in [2.24, 2.45) is 0 Å². The Morgan fingerprint density at radius 1 is 1.07 bits per heavy atom. The summed E-state index contributed by atoms with van der Waals surface area (Å²) in [6.45, 7) is 7.89. The van der Waals surface area contributed by atoms with Gasteiger partial charge in [0.25, 0.3) is 11.8 Å². The molecule has 2 saturated heterocycles. The summed E-state index contributed by atoms with van der Waals surface area (Å²) in [5.41, 5.74) is 1.73. The van der Waals surface area contributed by atoms with Crippen LogP contribution in [0.25, 0.3) is 0 Å². The molecule has 0 spiro atoms. The number of nitrogens with zero attached hydrogens (tertiary/aromatic N) is 2. The largest absolute Gasteiger partial charge is 0.314 e. The fourth-order valence-electron chi connectivity index (χ4n) is 4.91. The quantitative estimate of drug-likeness (QED) is 0.702. The zero-order valence-corrected chi connectivity index (χ0v) is 17.5. The Morgan fingerprint density at radius 2 is 1.80 bits per heavy atom. The van der Waals surface area contributed by atoms with E-state index in [1.54, 1.807) is 12.1 Å². The van der Waals surface area contributed by atoms with E-state index in [-0.39, 0.29) is 24.3 Å². The Kier molecular flexibility index (Phi) is 5.46. The molecule has 30 heavy (non-hydrogen) atoms. The number of imide groups is 2. The van der Waals surface area contributed by atoms with Gasteiger partial charge in [-0.3, -0.25) is 34.3 Å². The molecule has 1 aromatic carbocycles. The summed E-state index contributed by atoms with van der Waals surface area (Å²) in [5.74, 6) is -1.88. The first-order chi connectivity index (χ1) is 14.4. The van der Waals surface area contributed by atoms with Crippen LogP contribution in [0.1, 0.15) is 65.8 Å². The van der Waals surface area contributed by atoms with Crippen molar-refractivity contribution >= 4 is 23.6 Å². The van der Waals surface area contributed by atoms with E-state index in [1.165, 1.54) is 0 Å². The third-order valence-corrected chi connectivity index (χ3v) is 6.88. The number of hydrogen-bond acceptors (Lipinski definition) is 6. The molecule has 160 valence electrons. The first kappa shape index (κ1) is 20.7. The summed E-state index contributed by atoms with van der Waals surface area (Å²) in [6.07, 6.45) is 2.34. The van der Waals surface area contributed by atoms with E-state index in [0.717, 1.165) is 42.9 Å². The average Bonchev–Trinajstić information content (AvgIpc) is 2.99. The number of piperidine rings is 1. The van der Waals surface area contributed by atoms with Gasteiger partial charge in [0.2, 0.25) is 11.8 Å². The summed E-state index contributed by atoms with van der Waals surface area (Å²) in [5, 5.41) is 5.71. The Hall–Kier alpha value is -2.58. The van der Waals surface area contributed by atoms with E-state index in [1.807, 2.05) is 6.07 Å². The highest BCUT2D eigenvalue weighted by Gasteiger charge is 2.45. The molecule has 0 aromatic heterocycles. The third kappa shape index (κ3) is 3.33. The second-order valence-electron chi connectivity index (χ2n) is 8.36. The van der Waals surface area contributed by atoms with Crippen LogP contribution in [0.4, 0.5) is 0 Å². The van der Waals surface area contributed by atoms with Crippen molar-refractivity contribution in [3.05, 3.63) is 34.9 Å². The van der Waals surface area contributed by atoms with Crippen LogP contribution in [-0.2, 0) is 16.1 Å². The van der Waals surface area contributed by atoms with Crippen molar-refractivity contribution in [3.8, 4) is 0 Å². The SMILES string of the molecule is CCC1(CC)CNCCN1Cc1ccc2c(c1)C(=O)N(C1CCC(=O)NC1=O)C2=O. The fourth-order valence-corrected chi connectivity index (χ4v) is 4.91. The van der Waals surface area contributed by atoms with E-state index >= 15 is 0 Å². The zero-order valence-electron chi connectivity index (χ0n) is 17.5. The third-order valence-electron chi connectivity index (χ3n) is 6.88. The smallest absolute Gasteiger partial charge is 0.262 e. The van der Waals surface area contributed by atoms with Crippen molar-refractivity contribution in [1.29, 1.82) is 0 Å². The molecule has 2 N–H and O–H groups in total. The second kappa shape index (κ2) is 7.92. The van der Waals surface area contributed by atoms with Gasteiger partial charge in [-0.2, -0.15) is 0 Å². The van der Waals surface area contributed by atoms with Crippen molar-refractivity contribution in [2.75, 3.05) is 19.6 Å². The van der Waals surface area contributed by atoms with Crippen LogP contribution in [0.5, 0.6) is 0 Å². The fraction of sp³-hybridized carbons (Fsp3) is 0.545. The summed E-state index contributed by atoms with van der Waals surface area (Å²) in [4.78, 5) is 53.0. The maximum Gasteiger partial charge on any atom is 0.262 e. The molecule has 8 heteroatoms. The van der Waals surface area contributed by atoms with Crippen LogP contribution in [0.15, 0.2) is 18.2 Å². The van der Waals surface area contributed by atoms with Crippen LogP contribution in [0, 0.1) is 0 Å². The Bertz CT molecular complexity index is 908. The molecule has 1 aromatic rings. The molecule has 0 bridgehead atoms. The molecule has 0 saturated carbocycles. The minimum Gasteiger partial charge on any atom is -0.314 e. The van der Waals surface area contributed by atoms with Crippen LogP contribution >= 0.6 is 0 Å². The van der Waals surface area contributed by atoms with Gasteiger partial charge in [-0.1, -0.05) is 19.9 Å². The number of benzene rings is 1. The summed E-state index contributed by atoms with van der Waals surface area (Å²) in [6, 6.07) is 4.45. The van der Waals surface area contributed by atoms with Crippen molar-refractivity contribution in [3.63, 3.8) is 0 Å². The molecule has 1 atom stereocenters. The van der Waals surface area contributed by atoms with Crippen molar-refractivity contribution in [2.45, 2.75) is 57.7 Å². The van der Waals surface area contributed by atoms with Crippen molar-refractivity contribution < 1.29 is 19.2 Å². The lowest BCUT2D eigenvalue weighted by molar-refractivity contribution is -0.136. The lowest BCUT2D eigenvalue weighted by Crippen LogP contribution is -2.60. The maximum atomic E-state index is 13.0. The van der Waals surface area contributed by atoms with Crippen LogP contribution in [0.3, 0.4) is 0 Å². The van der Waals surface area contributed by atoms with E-state index in [9.17, 15) is 19.2 Å². The number of carbonyl (C=O) groups is 4. The number of amides is 4. The van der Waals surface area contributed by atoms with Crippen LogP contribution < -0.4 is 10.6 Å². The molecule has 2 fully saturated rings. The van der Waals surface area contributed by atoms with Crippen LogP contribution in [-0.4, -0.2) is 64.6 Å².